The maximum atomic E-state index is 12.2. The molecule has 2 N–H and O–H groups in total. The molecule has 1 aromatic heterocycles. The summed E-state index contributed by atoms with van der Waals surface area (Å²) >= 11 is 11.9. The normalized spacial score (nSPS) is 11.1. The summed E-state index contributed by atoms with van der Waals surface area (Å²) in [5.41, 5.74) is 0.615. The van der Waals surface area contributed by atoms with Crippen LogP contribution in [0.5, 0.6) is 0 Å². The van der Waals surface area contributed by atoms with Crippen molar-refractivity contribution in [1.82, 2.24) is 9.97 Å². The molecule has 5 nitrogen and oxygen atoms in total. The van der Waals surface area contributed by atoms with Crippen molar-refractivity contribution in [3.63, 3.8) is 0 Å². The predicted molar refractivity (Wildman–Crippen MR) is 89.8 cm³/mol. The van der Waals surface area contributed by atoms with Crippen LogP contribution >= 0.6 is 23.2 Å². The molecule has 1 heterocycles. The molecule has 116 valence electrons. The van der Waals surface area contributed by atoms with Crippen LogP contribution in [0.4, 0.5) is 11.6 Å². The van der Waals surface area contributed by atoms with Crippen LogP contribution in [0.2, 0.25) is 10.0 Å². The van der Waals surface area contributed by atoms with Crippen molar-refractivity contribution >= 4 is 40.7 Å². The Morgan fingerprint density at radius 3 is 2.36 bits per heavy atom. The van der Waals surface area contributed by atoms with E-state index in [0.717, 1.165) is 0 Å². The molecule has 2 aromatic rings. The number of rotatable bonds is 3. The van der Waals surface area contributed by atoms with E-state index in [2.05, 4.69) is 20.6 Å². The summed E-state index contributed by atoms with van der Waals surface area (Å²) in [6.45, 7) is 5.99. The summed E-state index contributed by atoms with van der Waals surface area (Å²) in [6, 6.07) is 4.85. The van der Waals surface area contributed by atoms with E-state index in [0.29, 0.717) is 27.2 Å². The highest BCUT2D eigenvalue weighted by Crippen LogP contribution is 2.25. The molecule has 2 rings (SSSR count). The largest absolute Gasteiger partial charge is 0.350 e. The van der Waals surface area contributed by atoms with Crippen molar-refractivity contribution < 1.29 is 4.79 Å². The molecule has 0 atom stereocenters. The first kappa shape index (κ1) is 16.5. The van der Waals surface area contributed by atoms with Gasteiger partial charge in [0.25, 0.3) is 5.91 Å². The molecule has 1 amide bonds. The lowest BCUT2D eigenvalue weighted by molar-refractivity contribution is 0.102. The number of hydrogen-bond acceptors (Lipinski definition) is 4. The first-order valence-corrected chi connectivity index (χ1v) is 7.37. The number of aromatic nitrogens is 2. The summed E-state index contributed by atoms with van der Waals surface area (Å²) in [7, 11) is 0. The van der Waals surface area contributed by atoms with Crippen LogP contribution in [-0.2, 0) is 0 Å². The number of nitrogens with zero attached hydrogens (tertiary/aromatic N) is 2. The summed E-state index contributed by atoms with van der Waals surface area (Å²) < 4.78 is 0. The Hall–Kier alpha value is -1.85. The zero-order valence-corrected chi connectivity index (χ0v) is 14.0. The second-order valence-electron chi connectivity index (χ2n) is 5.75. The summed E-state index contributed by atoms with van der Waals surface area (Å²) in [5.74, 6) is 0.108. The van der Waals surface area contributed by atoms with Crippen molar-refractivity contribution in [3.05, 3.63) is 46.2 Å². The third-order valence-electron chi connectivity index (χ3n) is 2.58. The van der Waals surface area contributed by atoms with Gasteiger partial charge in [0, 0.05) is 23.0 Å². The molecule has 0 bridgehead atoms. The second kappa shape index (κ2) is 6.50. The number of carbonyl (C=O) groups is 1. The van der Waals surface area contributed by atoms with Gasteiger partial charge >= 0.3 is 0 Å². The van der Waals surface area contributed by atoms with Gasteiger partial charge < -0.3 is 10.6 Å². The molecular weight excluding hydrogens is 323 g/mol. The number of halogens is 2. The van der Waals surface area contributed by atoms with E-state index in [1.54, 1.807) is 18.2 Å². The van der Waals surface area contributed by atoms with E-state index >= 15 is 0 Å². The van der Waals surface area contributed by atoms with Gasteiger partial charge in [-0.15, -0.1) is 0 Å². The molecule has 0 fully saturated rings. The topological polar surface area (TPSA) is 66.9 Å². The van der Waals surface area contributed by atoms with Crippen LogP contribution in [0.25, 0.3) is 0 Å². The Bertz CT molecular complexity index is 681. The van der Waals surface area contributed by atoms with Crippen LogP contribution in [0.15, 0.2) is 30.6 Å². The van der Waals surface area contributed by atoms with Crippen molar-refractivity contribution in [2.45, 2.75) is 26.3 Å². The number of hydrogen-bond donors (Lipinski definition) is 2. The first-order chi connectivity index (χ1) is 10.2. The minimum Gasteiger partial charge on any atom is -0.350 e. The molecule has 0 spiro atoms. The number of anilines is 2. The molecule has 0 unspecified atom stereocenters. The van der Waals surface area contributed by atoms with E-state index in [1.807, 2.05) is 20.8 Å². The minimum absolute atomic E-state index is 0.155. The fourth-order valence-corrected chi connectivity index (χ4v) is 1.97. The van der Waals surface area contributed by atoms with Gasteiger partial charge in [0.2, 0.25) is 5.95 Å². The molecule has 1 aromatic carbocycles. The second-order valence-corrected chi connectivity index (χ2v) is 6.59. The first-order valence-electron chi connectivity index (χ1n) is 6.61. The van der Waals surface area contributed by atoms with Gasteiger partial charge in [-0.1, -0.05) is 23.2 Å². The van der Waals surface area contributed by atoms with E-state index < -0.39 is 0 Å². The fourth-order valence-electron chi connectivity index (χ4n) is 1.63. The zero-order chi connectivity index (χ0) is 16.3. The molecule has 7 heteroatoms. The smallest absolute Gasteiger partial charge is 0.258 e. The van der Waals surface area contributed by atoms with Crippen molar-refractivity contribution in [2.24, 2.45) is 0 Å². The number of benzene rings is 1. The summed E-state index contributed by atoms with van der Waals surface area (Å²) in [6.07, 6.45) is 2.91. The van der Waals surface area contributed by atoms with Crippen molar-refractivity contribution in [1.29, 1.82) is 0 Å². The van der Waals surface area contributed by atoms with Crippen molar-refractivity contribution in [2.75, 3.05) is 10.6 Å². The van der Waals surface area contributed by atoms with Crippen LogP contribution < -0.4 is 10.6 Å². The lowest BCUT2D eigenvalue weighted by atomic mass is 10.1. The van der Waals surface area contributed by atoms with Crippen LogP contribution in [0, 0.1) is 0 Å². The lowest BCUT2D eigenvalue weighted by Gasteiger charge is -2.20. The molecule has 0 saturated heterocycles. The van der Waals surface area contributed by atoms with Gasteiger partial charge in [-0.05, 0) is 39.0 Å². The Morgan fingerprint density at radius 2 is 1.77 bits per heavy atom. The zero-order valence-electron chi connectivity index (χ0n) is 12.4. The lowest BCUT2D eigenvalue weighted by Crippen LogP contribution is -2.27. The monoisotopic (exact) mass is 338 g/mol. The standard InChI is InChI=1S/C15H16Cl2N4O/c1-15(2,3)21-14-18-7-9(8-19-14)13(22)20-12-6-10(16)4-5-11(12)17/h4-8H,1-3H3,(H,20,22)(H,18,19,21). The molecule has 22 heavy (non-hydrogen) atoms. The van der Waals surface area contributed by atoms with E-state index in [9.17, 15) is 4.79 Å². The summed E-state index contributed by atoms with van der Waals surface area (Å²) in [4.78, 5) is 20.4. The average Bonchev–Trinajstić information content (AvgIpc) is 2.42. The third-order valence-corrected chi connectivity index (χ3v) is 3.14. The van der Waals surface area contributed by atoms with Crippen LogP contribution in [-0.4, -0.2) is 21.4 Å². The highest BCUT2D eigenvalue weighted by molar-refractivity contribution is 6.35. The molecule has 0 aliphatic carbocycles. The number of amides is 1. The molecular formula is C15H16Cl2N4O. The maximum Gasteiger partial charge on any atom is 0.258 e. The van der Waals surface area contributed by atoms with Gasteiger partial charge in [0.15, 0.2) is 0 Å². The molecule has 0 aliphatic heterocycles. The van der Waals surface area contributed by atoms with Crippen LogP contribution in [0.3, 0.4) is 0 Å². The Morgan fingerprint density at radius 1 is 1.14 bits per heavy atom. The average molecular weight is 339 g/mol. The SMILES string of the molecule is CC(C)(C)Nc1ncc(C(=O)Nc2cc(Cl)ccc2Cl)cn1. The Labute approximate surface area is 139 Å². The third kappa shape index (κ3) is 4.58. The Balaban J connectivity index is 2.11. The van der Waals surface area contributed by atoms with Crippen LogP contribution in [0.1, 0.15) is 31.1 Å². The molecule has 0 saturated carbocycles. The highest BCUT2D eigenvalue weighted by atomic mass is 35.5. The molecule has 0 radical (unpaired) electrons. The number of nitrogens with one attached hydrogen (secondary N) is 2. The predicted octanol–water partition coefficient (Wildman–Crippen LogP) is 4.25. The van der Waals surface area contributed by atoms with Gasteiger partial charge in [-0.3, -0.25) is 4.79 Å². The maximum absolute atomic E-state index is 12.2. The Kier molecular flexibility index (Phi) is 4.88. The fraction of sp³-hybridized carbons (Fsp3) is 0.267. The van der Waals surface area contributed by atoms with Gasteiger partial charge in [-0.2, -0.15) is 0 Å². The van der Waals surface area contributed by atoms with Gasteiger partial charge in [0.05, 0.1) is 16.3 Å². The van der Waals surface area contributed by atoms with Crippen molar-refractivity contribution in [3.8, 4) is 0 Å². The molecule has 0 aliphatic rings. The van der Waals surface area contributed by atoms with Gasteiger partial charge in [0.1, 0.15) is 0 Å². The highest BCUT2D eigenvalue weighted by Gasteiger charge is 2.13. The van der Waals surface area contributed by atoms with E-state index in [1.165, 1.54) is 12.4 Å². The van der Waals surface area contributed by atoms with E-state index in [-0.39, 0.29) is 11.4 Å². The number of carbonyl (C=O) groups excluding carboxylic acids is 1. The summed E-state index contributed by atoms with van der Waals surface area (Å²) in [5, 5.41) is 6.69. The van der Waals surface area contributed by atoms with Gasteiger partial charge in [-0.25, -0.2) is 9.97 Å². The van der Waals surface area contributed by atoms with E-state index in [4.69, 9.17) is 23.2 Å². The quantitative estimate of drug-likeness (QED) is 0.877. The minimum atomic E-state index is -0.355.